The number of pyridine rings is 1. The van der Waals surface area contributed by atoms with Crippen molar-refractivity contribution in [3.05, 3.63) is 62.8 Å². The van der Waals surface area contributed by atoms with Crippen molar-refractivity contribution in [1.29, 1.82) is 0 Å². The molecule has 0 amide bonds. The van der Waals surface area contributed by atoms with Crippen LogP contribution >= 0.6 is 59.4 Å². The van der Waals surface area contributed by atoms with Gasteiger partial charge in [0.15, 0.2) is 5.78 Å². The van der Waals surface area contributed by atoms with Crippen LogP contribution in [-0.2, 0) is 0 Å². The standard InChI is InChI=1S/C13H7Br3ClNO/c14-10-5-7(13(15)16)1-2-8(10)12(19)9-3-4-18-6-11(9)17/h1-6,13H. The summed E-state index contributed by atoms with van der Waals surface area (Å²) >= 11 is 16.2. The number of ketones is 1. The Morgan fingerprint density at radius 1 is 1.21 bits per heavy atom. The van der Waals surface area contributed by atoms with Gasteiger partial charge in [-0.15, -0.1) is 0 Å². The van der Waals surface area contributed by atoms with Crippen molar-refractivity contribution in [3.63, 3.8) is 0 Å². The average molecular weight is 468 g/mol. The second kappa shape index (κ2) is 6.48. The molecular weight excluding hydrogens is 461 g/mol. The fraction of sp³-hybridized carbons (Fsp3) is 0.0769. The van der Waals surface area contributed by atoms with Crippen molar-refractivity contribution in [2.45, 2.75) is 3.74 Å². The number of rotatable bonds is 3. The molecule has 2 aromatic rings. The van der Waals surface area contributed by atoms with Crippen molar-refractivity contribution in [2.24, 2.45) is 0 Å². The highest BCUT2D eigenvalue weighted by Gasteiger charge is 2.16. The molecule has 0 spiro atoms. The Morgan fingerprint density at radius 2 is 1.95 bits per heavy atom. The van der Waals surface area contributed by atoms with Crippen LogP contribution in [0.2, 0.25) is 5.02 Å². The van der Waals surface area contributed by atoms with Gasteiger partial charge in [0.1, 0.15) is 0 Å². The summed E-state index contributed by atoms with van der Waals surface area (Å²) in [6.45, 7) is 0. The maximum absolute atomic E-state index is 12.4. The SMILES string of the molecule is O=C(c1ccncc1Cl)c1ccc(C(Br)Br)cc1Br. The van der Waals surface area contributed by atoms with E-state index in [2.05, 4.69) is 52.8 Å². The molecular formula is C13H7Br3ClNO. The van der Waals surface area contributed by atoms with Crippen LogP contribution in [0.4, 0.5) is 0 Å². The molecule has 1 aromatic heterocycles. The molecule has 0 aliphatic carbocycles. The topological polar surface area (TPSA) is 30.0 Å². The molecule has 0 bridgehead atoms. The maximum Gasteiger partial charge on any atom is 0.195 e. The first kappa shape index (κ1) is 15.2. The Hall–Kier alpha value is -0.230. The lowest BCUT2D eigenvalue weighted by Gasteiger charge is -2.08. The average Bonchev–Trinajstić information content (AvgIpc) is 2.38. The molecule has 1 heterocycles. The predicted molar refractivity (Wildman–Crippen MR) is 87.4 cm³/mol. The van der Waals surface area contributed by atoms with E-state index in [-0.39, 0.29) is 9.52 Å². The number of hydrogen-bond donors (Lipinski definition) is 0. The first-order valence-corrected chi connectivity index (χ1v) is 8.22. The van der Waals surface area contributed by atoms with Crippen LogP contribution in [0.5, 0.6) is 0 Å². The van der Waals surface area contributed by atoms with Gasteiger partial charge in [0.05, 0.1) is 8.76 Å². The Morgan fingerprint density at radius 3 is 2.53 bits per heavy atom. The first-order valence-electron chi connectivity index (χ1n) is 5.22. The highest BCUT2D eigenvalue weighted by molar-refractivity contribution is 9.24. The summed E-state index contributed by atoms with van der Waals surface area (Å²) in [7, 11) is 0. The Bertz CT molecular complexity index is 631. The molecule has 0 radical (unpaired) electrons. The first-order chi connectivity index (χ1) is 9.00. The van der Waals surface area contributed by atoms with Gasteiger partial charge in [-0.1, -0.05) is 65.5 Å². The van der Waals surface area contributed by atoms with Gasteiger partial charge in [-0.25, -0.2) is 0 Å². The molecule has 19 heavy (non-hydrogen) atoms. The fourth-order valence-corrected chi connectivity index (χ4v) is 2.91. The highest BCUT2D eigenvalue weighted by Crippen LogP contribution is 2.33. The second-order valence-corrected chi connectivity index (χ2v) is 8.05. The zero-order valence-electron chi connectivity index (χ0n) is 9.41. The highest BCUT2D eigenvalue weighted by atomic mass is 79.9. The van der Waals surface area contributed by atoms with Gasteiger partial charge in [0.25, 0.3) is 0 Å². The van der Waals surface area contributed by atoms with Gasteiger partial charge >= 0.3 is 0 Å². The lowest BCUT2D eigenvalue weighted by molar-refractivity contribution is 0.103. The summed E-state index contributed by atoms with van der Waals surface area (Å²) in [5.74, 6) is -0.133. The summed E-state index contributed by atoms with van der Waals surface area (Å²) in [6, 6.07) is 7.15. The molecule has 6 heteroatoms. The Kier molecular flexibility index (Phi) is 5.17. The number of carbonyl (C=O) groups is 1. The summed E-state index contributed by atoms with van der Waals surface area (Å²) in [5, 5.41) is 0.349. The number of alkyl halides is 2. The van der Waals surface area contributed by atoms with E-state index in [9.17, 15) is 4.79 Å². The van der Waals surface area contributed by atoms with Gasteiger partial charge in [0.2, 0.25) is 0 Å². The number of hydrogen-bond acceptors (Lipinski definition) is 2. The monoisotopic (exact) mass is 465 g/mol. The van der Waals surface area contributed by atoms with Gasteiger partial charge in [-0.2, -0.15) is 0 Å². The molecule has 2 nitrogen and oxygen atoms in total. The maximum atomic E-state index is 12.4. The molecule has 98 valence electrons. The summed E-state index contributed by atoms with van der Waals surface area (Å²) in [4.78, 5) is 16.3. The van der Waals surface area contributed by atoms with Gasteiger partial charge in [0, 0.05) is 28.0 Å². The third kappa shape index (κ3) is 3.45. The quantitative estimate of drug-likeness (QED) is 0.439. The van der Waals surface area contributed by atoms with E-state index < -0.39 is 0 Å². The molecule has 1 aromatic carbocycles. The van der Waals surface area contributed by atoms with Crippen LogP contribution in [-0.4, -0.2) is 10.8 Å². The molecule has 0 saturated heterocycles. The molecule has 0 N–H and O–H groups in total. The van der Waals surface area contributed by atoms with Crippen molar-refractivity contribution in [3.8, 4) is 0 Å². The predicted octanol–water partition coefficient (Wildman–Crippen LogP) is 5.52. The van der Waals surface area contributed by atoms with Gasteiger partial charge in [-0.05, 0) is 23.8 Å². The number of carbonyl (C=O) groups excluding carboxylic acids is 1. The van der Waals surface area contributed by atoms with Crippen molar-refractivity contribution >= 4 is 65.2 Å². The van der Waals surface area contributed by atoms with E-state index in [1.807, 2.05) is 12.1 Å². The van der Waals surface area contributed by atoms with Crippen molar-refractivity contribution in [1.82, 2.24) is 4.98 Å². The van der Waals surface area contributed by atoms with E-state index in [1.165, 1.54) is 6.20 Å². The zero-order valence-corrected chi connectivity index (χ0v) is 14.9. The molecule has 0 atom stereocenters. The van der Waals surface area contributed by atoms with Crippen molar-refractivity contribution < 1.29 is 4.79 Å². The number of benzene rings is 1. The van der Waals surface area contributed by atoms with Crippen LogP contribution in [0.25, 0.3) is 0 Å². The van der Waals surface area contributed by atoms with E-state index in [1.54, 1.807) is 18.3 Å². The summed E-state index contributed by atoms with van der Waals surface area (Å²) < 4.78 is 0.775. The van der Waals surface area contributed by atoms with Gasteiger partial charge in [-0.3, -0.25) is 9.78 Å². The molecule has 0 aliphatic heterocycles. The lowest BCUT2D eigenvalue weighted by Crippen LogP contribution is -2.04. The van der Waals surface area contributed by atoms with Crippen LogP contribution in [0.15, 0.2) is 41.1 Å². The van der Waals surface area contributed by atoms with E-state index in [0.29, 0.717) is 16.1 Å². The molecule has 0 saturated carbocycles. The third-order valence-corrected chi connectivity index (χ3v) is 4.52. The normalized spacial score (nSPS) is 10.8. The number of nitrogens with zero attached hydrogens (tertiary/aromatic N) is 1. The summed E-state index contributed by atoms with van der Waals surface area (Å²) in [5.41, 5.74) is 2.03. The van der Waals surface area contributed by atoms with Crippen LogP contribution in [0.3, 0.4) is 0 Å². The fourth-order valence-electron chi connectivity index (χ4n) is 1.56. The van der Waals surface area contributed by atoms with E-state index in [0.717, 1.165) is 10.0 Å². The molecule has 2 rings (SSSR count). The van der Waals surface area contributed by atoms with E-state index in [4.69, 9.17) is 11.6 Å². The molecule has 0 fully saturated rings. The third-order valence-electron chi connectivity index (χ3n) is 2.51. The van der Waals surface area contributed by atoms with E-state index >= 15 is 0 Å². The second-order valence-electron chi connectivity index (χ2n) is 3.72. The Balaban J connectivity index is 2.43. The zero-order chi connectivity index (χ0) is 14.0. The summed E-state index contributed by atoms with van der Waals surface area (Å²) in [6.07, 6.45) is 3.01. The van der Waals surface area contributed by atoms with Gasteiger partial charge < -0.3 is 0 Å². The van der Waals surface area contributed by atoms with Crippen LogP contribution in [0, 0.1) is 0 Å². The molecule has 0 aliphatic rings. The lowest BCUT2D eigenvalue weighted by atomic mass is 10.0. The minimum absolute atomic E-state index is 0.0463. The van der Waals surface area contributed by atoms with Crippen LogP contribution in [0.1, 0.15) is 25.2 Å². The largest absolute Gasteiger partial charge is 0.289 e. The minimum atomic E-state index is -0.133. The number of halogens is 4. The minimum Gasteiger partial charge on any atom is -0.289 e. The Labute approximate surface area is 141 Å². The smallest absolute Gasteiger partial charge is 0.195 e. The van der Waals surface area contributed by atoms with Crippen LogP contribution < -0.4 is 0 Å². The number of aromatic nitrogens is 1. The molecule has 0 unspecified atom stereocenters. The van der Waals surface area contributed by atoms with Crippen molar-refractivity contribution in [2.75, 3.05) is 0 Å².